The van der Waals surface area contributed by atoms with Crippen molar-refractivity contribution in [3.8, 4) is 0 Å². The number of imide groups is 1. The molecule has 0 aromatic rings. The molecule has 1 aliphatic heterocycles. The molecule has 1 fully saturated rings. The minimum absolute atomic E-state index is 1.01. The van der Waals surface area contributed by atoms with Crippen molar-refractivity contribution in [1.29, 1.82) is 0 Å². The van der Waals surface area contributed by atoms with Crippen molar-refractivity contribution in [2.75, 3.05) is 7.11 Å². The molecule has 0 bridgehead atoms. The van der Waals surface area contributed by atoms with Crippen molar-refractivity contribution in [3.05, 3.63) is 0 Å². The predicted octanol–water partition coefficient (Wildman–Crippen LogP) is -1.26. The maximum Gasteiger partial charge on any atom is 0.366 e. The number of methoxy groups -OCH3 is 1. The summed E-state index contributed by atoms with van der Waals surface area (Å²) in [5.74, 6) is -2.36. The van der Waals surface area contributed by atoms with E-state index in [-0.39, 0.29) is 0 Å². The van der Waals surface area contributed by atoms with Gasteiger partial charge in [0, 0.05) is 0 Å². The summed E-state index contributed by atoms with van der Waals surface area (Å²) in [6.07, 6.45) is -2.22. The Hall–Kier alpha value is -1.66. The summed E-state index contributed by atoms with van der Waals surface area (Å²) in [4.78, 5) is 31.9. The van der Waals surface area contributed by atoms with Gasteiger partial charge in [0.05, 0.1) is 7.11 Å². The van der Waals surface area contributed by atoms with Crippen LogP contribution in [0.4, 0.5) is 9.18 Å². The number of carbonyl (C=O) groups excluding carboxylic acids is 3. The van der Waals surface area contributed by atoms with Crippen molar-refractivity contribution in [1.82, 2.24) is 10.6 Å². The first-order valence-electron chi connectivity index (χ1n) is 3.28. The van der Waals surface area contributed by atoms with Crippen LogP contribution in [-0.2, 0) is 14.3 Å². The molecule has 1 rings (SSSR count). The number of hydrogen-bond donors (Lipinski definition) is 0. The monoisotopic (exact) mass is 188 g/mol. The fourth-order valence-electron chi connectivity index (χ4n) is 0.797. The van der Waals surface area contributed by atoms with Gasteiger partial charge in [-0.3, -0.25) is 4.79 Å². The van der Waals surface area contributed by atoms with Gasteiger partial charge >= 0.3 is 12.0 Å². The largest absolute Gasteiger partial charge is 0.467 e. The Bertz CT molecular complexity index is 267. The molecule has 0 N–H and O–H groups in total. The molecule has 13 heavy (non-hydrogen) atoms. The fourth-order valence-corrected chi connectivity index (χ4v) is 0.797. The standard InChI is InChI=1S/C6H5FN2O4/c1-13-5(11)3-2(7)4(10)9-6(12)8-3/h2-3H,1H3. The Balaban J connectivity index is 2.77. The molecule has 3 amide bonds. The third kappa shape index (κ3) is 1.74. The first-order valence-corrected chi connectivity index (χ1v) is 3.28. The lowest BCUT2D eigenvalue weighted by Crippen LogP contribution is -2.56. The number of ether oxygens (including phenoxy) is 1. The molecular formula is C6H5FN2O4. The van der Waals surface area contributed by atoms with E-state index in [1.54, 1.807) is 0 Å². The van der Waals surface area contributed by atoms with Crippen molar-refractivity contribution in [2.45, 2.75) is 12.2 Å². The minimum atomic E-state index is -2.22. The molecule has 6 nitrogen and oxygen atoms in total. The van der Waals surface area contributed by atoms with Crippen LogP contribution in [0.5, 0.6) is 0 Å². The number of esters is 1. The normalized spacial score (nSPS) is 27.5. The van der Waals surface area contributed by atoms with Crippen molar-refractivity contribution < 1.29 is 23.5 Å². The summed E-state index contributed by atoms with van der Waals surface area (Å²) in [7, 11) is 1.01. The van der Waals surface area contributed by atoms with Gasteiger partial charge in [-0.25, -0.2) is 19.3 Å². The van der Waals surface area contributed by atoms with Crippen molar-refractivity contribution in [3.63, 3.8) is 0 Å². The summed E-state index contributed by atoms with van der Waals surface area (Å²) < 4.78 is 17.0. The Morgan fingerprint density at radius 2 is 2.15 bits per heavy atom. The Kier molecular flexibility index (Phi) is 2.45. The lowest BCUT2D eigenvalue weighted by Gasteiger charge is -2.19. The molecular weight excluding hydrogens is 183 g/mol. The second-order valence-corrected chi connectivity index (χ2v) is 2.23. The predicted molar refractivity (Wildman–Crippen MR) is 35.4 cm³/mol. The molecule has 2 atom stereocenters. The van der Waals surface area contributed by atoms with Crippen LogP contribution in [0.1, 0.15) is 0 Å². The summed E-state index contributed by atoms with van der Waals surface area (Å²) >= 11 is 0. The zero-order valence-corrected chi connectivity index (χ0v) is 6.56. The number of amides is 3. The number of carbonyl (C=O) groups is 3. The molecule has 0 aliphatic carbocycles. The topological polar surface area (TPSA) is 88.6 Å². The molecule has 0 saturated carbocycles. The molecule has 2 radical (unpaired) electrons. The third-order valence-electron chi connectivity index (χ3n) is 1.41. The zero-order valence-electron chi connectivity index (χ0n) is 6.56. The van der Waals surface area contributed by atoms with E-state index < -0.39 is 30.1 Å². The maximum absolute atomic E-state index is 12.9. The van der Waals surface area contributed by atoms with Gasteiger partial charge in [-0.2, -0.15) is 5.32 Å². The molecule has 1 saturated heterocycles. The zero-order chi connectivity index (χ0) is 10.0. The van der Waals surface area contributed by atoms with Crippen LogP contribution in [0.3, 0.4) is 0 Å². The van der Waals surface area contributed by atoms with Crippen LogP contribution in [0.2, 0.25) is 0 Å². The highest BCUT2D eigenvalue weighted by molar-refractivity contribution is 6.03. The molecule has 1 heterocycles. The summed E-state index contributed by atoms with van der Waals surface area (Å²) in [5.41, 5.74) is 0. The van der Waals surface area contributed by atoms with Gasteiger partial charge in [-0.15, -0.1) is 0 Å². The van der Waals surface area contributed by atoms with Gasteiger partial charge in [0.15, 0.2) is 6.04 Å². The average molecular weight is 188 g/mol. The first kappa shape index (κ1) is 9.43. The van der Waals surface area contributed by atoms with E-state index in [9.17, 15) is 18.8 Å². The lowest BCUT2D eigenvalue weighted by molar-refractivity contribution is -0.148. The van der Waals surface area contributed by atoms with E-state index in [4.69, 9.17) is 0 Å². The van der Waals surface area contributed by atoms with E-state index in [1.807, 2.05) is 0 Å². The Labute approximate surface area is 72.4 Å². The van der Waals surface area contributed by atoms with Gasteiger partial charge in [0.1, 0.15) is 0 Å². The van der Waals surface area contributed by atoms with Crippen LogP contribution in [-0.4, -0.2) is 37.2 Å². The highest BCUT2D eigenvalue weighted by atomic mass is 19.1. The minimum Gasteiger partial charge on any atom is -0.467 e. The Morgan fingerprint density at radius 1 is 1.54 bits per heavy atom. The number of urea groups is 1. The average Bonchev–Trinajstić information content (AvgIpc) is 2.10. The SMILES string of the molecule is COC(=O)C1[N]C(=O)[N]C(=O)C1F. The number of rotatable bonds is 1. The molecule has 70 valence electrons. The van der Waals surface area contributed by atoms with Crippen molar-refractivity contribution >= 4 is 17.9 Å². The molecule has 0 aromatic carbocycles. The van der Waals surface area contributed by atoms with Gasteiger partial charge in [0.25, 0.3) is 5.91 Å². The second kappa shape index (κ2) is 3.38. The summed E-state index contributed by atoms with van der Waals surface area (Å²) in [6.45, 7) is 0. The fraction of sp³-hybridized carbons (Fsp3) is 0.500. The molecule has 0 aromatic heterocycles. The molecule has 0 spiro atoms. The number of alkyl halides is 1. The number of nitrogens with zero attached hydrogens (tertiary/aromatic N) is 2. The number of hydrogen-bond acceptors (Lipinski definition) is 4. The van der Waals surface area contributed by atoms with E-state index >= 15 is 0 Å². The van der Waals surface area contributed by atoms with E-state index in [1.165, 1.54) is 0 Å². The maximum atomic E-state index is 12.9. The number of halogens is 1. The van der Waals surface area contributed by atoms with Crippen LogP contribution in [0.25, 0.3) is 0 Å². The van der Waals surface area contributed by atoms with E-state index in [2.05, 4.69) is 15.4 Å². The smallest absolute Gasteiger partial charge is 0.366 e. The molecule has 1 aliphatic rings. The lowest BCUT2D eigenvalue weighted by atomic mass is 10.1. The molecule has 7 heteroatoms. The highest BCUT2D eigenvalue weighted by Gasteiger charge is 2.43. The van der Waals surface area contributed by atoms with Gasteiger partial charge in [-0.1, -0.05) is 0 Å². The summed E-state index contributed by atoms with van der Waals surface area (Å²) in [5, 5.41) is 5.71. The van der Waals surface area contributed by atoms with Crippen molar-refractivity contribution in [2.24, 2.45) is 0 Å². The van der Waals surface area contributed by atoms with Crippen LogP contribution < -0.4 is 10.6 Å². The molecule has 2 unspecified atom stereocenters. The van der Waals surface area contributed by atoms with Gasteiger partial charge < -0.3 is 4.74 Å². The quantitative estimate of drug-likeness (QED) is 0.480. The van der Waals surface area contributed by atoms with Crippen LogP contribution in [0, 0.1) is 0 Å². The Morgan fingerprint density at radius 3 is 2.69 bits per heavy atom. The van der Waals surface area contributed by atoms with Gasteiger partial charge in [-0.05, 0) is 0 Å². The van der Waals surface area contributed by atoms with E-state index in [0.717, 1.165) is 7.11 Å². The second-order valence-electron chi connectivity index (χ2n) is 2.23. The van der Waals surface area contributed by atoms with Crippen LogP contribution >= 0.6 is 0 Å². The van der Waals surface area contributed by atoms with Crippen LogP contribution in [0.15, 0.2) is 0 Å². The first-order chi connectivity index (χ1) is 6.06. The highest BCUT2D eigenvalue weighted by Crippen LogP contribution is 2.08. The van der Waals surface area contributed by atoms with E-state index in [0.29, 0.717) is 0 Å². The van der Waals surface area contributed by atoms with Gasteiger partial charge in [0.2, 0.25) is 6.17 Å². The third-order valence-corrected chi connectivity index (χ3v) is 1.41. The summed E-state index contributed by atoms with van der Waals surface area (Å²) in [6, 6.07) is -2.86.